The molecule has 4 aliphatic carbocycles. The highest BCUT2D eigenvalue weighted by atomic mass is 16.3. The summed E-state index contributed by atoms with van der Waals surface area (Å²) in [4.78, 5) is 0. The van der Waals surface area contributed by atoms with Crippen LogP contribution in [-0.2, 0) is 0 Å². The van der Waals surface area contributed by atoms with E-state index in [9.17, 15) is 10.2 Å². The van der Waals surface area contributed by atoms with Gasteiger partial charge >= 0.3 is 0 Å². The third kappa shape index (κ3) is 3.88. The molecule has 0 bridgehead atoms. The minimum atomic E-state index is -0.357. The maximum Gasteiger partial charge on any atom is 0.0759 e. The van der Waals surface area contributed by atoms with Crippen molar-refractivity contribution in [3.63, 3.8) is 0 Å². The summed E-state index contributed by atoms with van der Waals surface area (Å²) in [5, 5.41) is 21.4. The normalized spacial score (nSPS) is 46.9. The van der Waals surface area contributed by atoms with Crippen molar-refractivity contribution in [3.8, 4) is 0 Å². The average Bonchev–Trinajstić information content (AvgIpc) is 3.07. The van der Waals surface area contributed by atoms with Gasteiger partial charge in [-0.2, -0.15) is 0 Å². The maximum absolute atomic E-state index is 11.1. The summed E-state index contributed by atoms with van der Waals surface area (Å²) in [6.07, 6.45) is 15.8. The van der Waals surface area contributed by atoms with Crippen LogP contribution in [0.1, 0.15) is 92.9 Å². The lowest BCUT2D eigenvalue weighted by Gasteiger charge is -2.59. The van der Waals surface area contributed by atoms with Crippen LogP contribution in [0.15, 0.2) is 23.8 Å². The molecule has 0 radical (unpaired) electrons. The monoisotopic (exact) mass is 428 g/mol. The Kier molecular flexibility index (Phi) is 6.56. The molecule has 3 saturated carbocycles. The van der Waals surface area contributed by atoms with Gasteiger partial charge in [-0.15, -0.1) is 0 Å². The van der Waals surface area contributed by atoms with E-state index in [1.165, 1.54) is 37.7 Å². The number of rotatable bonds is 5. The molecule has 2 nitrogen and oxygen atoms in total. The Balaban J connectivity index is 1.55. The van der Waals surface area contributed by atoms with Crippen molar-refractivity contribution in [1.29, 1.82) is 0 Å². The lowest BCUT2D eigenvalue weighted by atomic mass is 9.46. The highest BCUT2D eigenvalue weighted by Crippen LogP contribution is 2.67. The van der Waals surface area contributed by atoms with E-state index in [1.54, 1.807) is 0 Å². The van der Waals surface area contributed by atoms with Crippen LogP contribution < -0.4 is 0 Å². The topological polar surface area (TPSA) is 40.5 Å². The number of fused-ring (bicyclic) bond motifs is 5. The molecule has 176 valence electrons. The Morgan fingerprint density at radius 2 is 1.74 bits per heavy atom. The third-order valence-electron chi connectivity index (χ3n) is 10.8. The van der Waals surface area contributed by atoms with Crippen molar-refractivity contribution in [2.75, 3.05) is 0 Å². The fourth-order valence-corrected chi connectivity index (χ4v) is 8.94. The smallest absolute Gasteiger partial charge is 0.0759 e. The quantitative estimate of drug-likeness (QED) is 0.474. The fourth-order valence-electron chi connectivity index (χ4n) is 8.94. The minimum Gasteiger partial charge on any atom is -0.389 e. The zero-order chi connectivity index (χ0) is 22.6. The van der Waals surface area contributed by atoms with Gasteiger partial charge in [0.1, 0.15) is 0 Å². The van der Waals surface area contributed by atoms with E-state index in [-0.39, 0.29) is 17.6 Å². The van der Waals surface area contributed by atoms with Gasteiger partial charge in [-0.25, -0.2) is 0 Å². The van der Waals surface area contributed by atoms with E-state index in [2.05, 4.69) is 53.7 Å². The van der Waals surface area contributed by atoms with Gasteiger partial charge in [0.25, 0.3) is 0 Å². The molecular weight excluding hydrogens is 380 g/mol. The molecular formula is C29H48O2. The Hall–Kier alpha value is -0.600. The van der Waals surface area contributed by atoms with Crippen molar-refractivity contribution in [1.82, 2.24) is 0 Å². The van der Waals surface area contributed by atoms with Gasteiger partial charge in [0.15, 0.2) is 0 Å². The second kappa shape index (κ2) is 8.64. The van der Waals surface area contributed by atoms with Crippen molar-refractivity contribution in [2.24, 2.45) is 52.3 Å². The van der Waals surface area contributed by atoms with Crippen molar-refractivity contribution >= 4 is 0 Å². The first kappa shape index (κ1) is 23.6. The van der Waals surface area contributed by atoms with Gasteiger partial charge in [0, 0.05) is 0 Å². The van der Waals surface area contributed by atoms with Crippen LogP contribution in [0, 0.1) is 52.3 Å². The molecule has 4 rings (SSSR count). The summed E-state index contributed by atoms with van der Waals surface area (Å²) in [6.45, 7) is 14.5. The SMILES string of the molecule is CC[C@H](/C=C/[C@@H](C)[C@H]1CC[C@H]2[C@@H]3C[C@@H](O)C4=C[C@H](O)CC[C@]4(C)[C@H]3CC[C@]12C)C(C)C. The van der Waals surface area contributed by atoms with Gasteiger partial charge in [0.2, 0.25) is 0 Å². The summed E-state index contributed by atoms with van der Waals surface area (Å²) in [5.74, 6) is 4.91. The first-order chi connectivity index (χ1) is 14.6. The summed E-state index contributed by atoms with van der Waals surface area (Å²) >= 11 is 0. The van der Waals surface area contributed by atoms with Crippen LogP contribution in [0.3, 0.4) is 0 Å². The molecule has 31 heavy (non-hydrogen) atoms. The van der Waals surface area contributed by atoms with Gasteiger partial charge in [-0.05, 0) is 109 Å². The van der Waals surface area contributed by atoms with Crippen molar-refractivity contribution in [3.05, 3.63) is 23.8 Å². The number of aliphatic hydroxyl groups is 2. The molecule has 0 heterocycles. The van der Waals surface area contributed by atoms with Crippen LogP contribution in [0.25, 0.3) is 0 Å². The van der Waals surface area contributed by atoms with Gasteiger partial charge in [0.05, 0.1) is 12.2 Å². The first-order valence-electron chi connectivity index (χ1n) is 13.4. The van der Waals surface area contributed by atoms with Gasteiger partial charge < -0.3 is 10.2 Å². The molecule has 2 heteroatoms. The average molecular weight is 429 g/mol. The highest BCUT2D eigenvalue weighted by Gasteiger charge is 2.60. The van der Waals surface area contributed by atoms with Crippen molar-refractivity contribution in [2.45, 2.75) is 105 Å². The van der Waals surface area contributed by atoms with Crippen LogP contribution in [0.5, 0.6) is 0 Å². The van der Waals surface area contributed by atoms with E-state index in [1.807, 2.05) is 6.08 Å². The summed E-state index contributed by atoms with van der Waals surface area (Å²) in [7, 11) is 0. The van der Waals surface area contributed by atoms with Crippen LogP contribution in [-0.4, -0.2) is 22.4 Å². The summed E-state index contributed by atoms with van der Waals surface area (Å²) < 4.78 is 0. The largest absolute Gasteiger partial charge is 0.389 e. The molecule has 0 amide bonds. The number of hydrogen-bond acceptors (Lipinski definition) is 2. The molecule has 0 aromatic carbocycles. The van der Waals surface area contributed by atoms with E-state index in [4.69, 9.17) is 0 Å². The predicted octanol–water partition coefficient (Wildman–Crippen LogP) is 6.77. The molecule has 0 unspecified atom stereocenters. The second-order valence-electron chi connectivity index (χ2n) is 12.6. The molecule has 3 fully saturated rings. The molecule has 0 saturated heterocycles. The molecule has 0 aromatic rings. The predicted molar refractivity (Wildman–Crippen MR) is 130 cm³/mol. The zero-order valence-electron chi connectivity index (χ0n) is 21.0. The Morgan fingerprint density at radius 3 is 2.42 bits per heavy atom. The maximum atomic E-state index is 11.1. The number of allylic oxidation sites excluding steroid dienone is 2. The van der Waals surface area contributed by atoms with Crippen LogP contribution in [0.4, 0.5) is 0 Å². The standard InChI is InChI=1S/C29H48O2/c1-7-20(18(2)3)9-8-19(4)23-10-11-24-22-17-27(31)26-16-21(30)12-14-29(26,6)25(22)13-15-28(23,24)5/h8-9,16,18-25,27,30-31H,7,10-15,17H2,1-6H3/b9-8+/t19-,20-,21-,22+,23-,24+,25+,27-,28-,29-/m1/s1. The third-order valence-corrected chi connectivity index (χ3v) is 10.8. The van der Waals surface area contributed by atoms with E-state index < -0.39 is 0 Å². The minimum absolute atomic E-state index is 0.0953. The number of hydrogen-bond donors (Lipinski definition) is 2. The van der Waals surface area contributed by atoms with Gasteiger partial charge in [-0.3, -0.25) is 0 Å². The summed E-state index contributed by atoms with van der Waals surface area (Å²) in [6, 6.07) is 0. The highest BCUT2D eigenvalue weighted by molar-refractivity contribution is 5.29. The van der Waals surface area contributed by atoms with Gasteiger partial charge in [-0.1, -0.05) is 59.8 Å². The number of aliphatic hydroxyl groups excluding tert-OH is 2. The first-order valence-corrected chi connectivity index (χ1v) is 13.4. The summed E-state index contributed by atoms with van der Waals surface area (Å²) in [5.41, 5.74) is 1.68. The van der Waals surface area contributed by atoms with E-state index >= 15 is 0 Å². The van der Waals surface area contributed by atoms with E-state index in [0.29, 0.717) is 29.1 Å². The second-order valence-corrected chi connectivity index (χ2v) is 12.6. The lowest BCUT2D eigenvalue weighted by Crippen LogP contribution is -2.54. The molecule has 0 aromatic heterocycles. The molecule has 10 atom stereocenters. The molecule has 0 spiro atoms. The molecule has 4 aliphatic rings. The fraction of sp³-hybridized carbons (Fsp3) is 0.862. The lowest BCUT2D eigenvalue weighted by molar-refractivity contribution is -0.0852. The van der Waals surface area contributed by atoms with Crippen molar-refractivity contribution < 1.29 is 10.2 Å². The molecule has 2 N–H and O–H groups in total. The molecule has 0 aliphatic heterocycles. The Bertz CT molecular complexity index is 708. The zero-order valence-corrected chi connectivity index (χ0v) is 21.0. The van der Waals surface area contributed by atoms with Crippen LogP contribution in [0.2, 0.25) is 0 Å². The Labute approximate surface area is 191 Å². The van der Waals surface area contributed by atoms with E-state index in [0.717, 1.165) is 37.0 Å². The van der Waals surface area contributed by atoms with Crippen LogP contribution >= 0.6 is 0 Å². The Morgan fingerprint density at radius 1 is 1.00 bits per heavy atom.